The van der Waals surface area contributed by atoms with Crippen LogP contribution in [0.15, 0.2) is 57.2 Å². The summed E-state index contributed by atoms with van der Waals surface area (Å²) in [5.41, 5.74) is 1.97. The molecule has 0 radical (unpaired) electrons. The number of rotatable bonds is 5. The van der Waals surface area contributed by atoms with E-state index in [0.717, 1.165) is 22.3 Å². The zero-order valence-corrected chi connectivity index (χ0v) is 18.8. The van der Waals surface area contributed by atoms with Crippen molar-refractivity contribution in [1.82, 2.24) is 9.71 Å². The molecule has 2 aromatic carbocycles. The van der Waals surface area contributed by atoms with Crippen LogP contribution in [0.5, 0.6) is 0 Å². The van der Waals surface area contributed by atoms with Crippen molar-refractivity contribution >= 4 is 43.9 Å². The molecule has 5 rings (SSSR count). The second-order valence-electron chi connectivity index (χ2n) is 7.66. The van der Waals surface area contributed by atoms with Gasteiger partial charge in [-0.3, -0.25) is 4.79 Å². The highest BCUT2D eigenvalue weighted by Gasteiger charge is 2.28. The van der Waals surface area contributed by atoms with E-state index in [0.29, 0.717) is 5.69 Å². The van der Waals surface area contributed by atoms with Crippen LogP contribution < -0.4 is 9.62 Å². The highest BCUT2D eigenvalue weighted by atomic mass is 32.2. The van der Waals surface area contributed by atoms with Crippen molar-refractivity contribution in [3.63, 3.8) is 0 Å². The van der Waals surface area contributed by atoms with Crippen molar-refractivity contribution < 1.29 is 26.4 Å². The fourth-order valence-electron chi connectivity index (χ4n) is 3.54. The molecule has 0 spiro atoms. The van der Waals surface area contributed by atoms with Crippen LogP contribution >= 0.6 is 11.3 Å². The van der Waals surface area contributed by atoms with Gasteiger partial charge in [-0.25, -0.2) is 26.9 Å². The average molecular weight is 490 g/mol. The summed E-state index contributed by atoms with van der Waals surface area (Å²) in [5.74, 6) is -2.03. The molecule has 4 aromatic rings. The van der Waals surface area contributed by atoms with Crippen LogP contribution in [-0.4, -0.2) is 38.6 Å². The Kier molecular flexibility index (Phi) is 5.17. The van der Waals surface area contributed by atoms with Gasteiger partial charge in [0.25, 0.3) is 10.0 Å². The molecule has 0 unspecified atom stereocenters. The minimum absolute atomic E-state index is 0.0292. The molecule has 1 fully saturated rings. The molecule has 0 saturated carbocycles. The smallest absolute Gasteiger partial charge is 0.300 e. The second-order valence-corrected chi connectivity index (χ2v) is 10.4. The summed E-state index contributed by atoms with van der Waals surface area (Å²) in [6.45, 7) is 2.17. The number of alkyl halides is 1. The number of fused-ring (bicyclic) bond motifs is 1. The van der Waals surface area contributed by atoms with Crippen LogP contribution in [0.2, 0.25) is 0 Å². The zero-order chi connectivity index (χ0) is 23.3. The summed E-state index contributed by atoms with van der Waals surface area (Å²) in [7, 11) is -4.19. The maximum atomic E-state index is 14.5. The summed E-state index contributed by atoms with van der Waals surface area (Å²) >= 11 is 1.48. The van der Waals surface area contributed by atoms with E-state index in [2.05, 4.69) is 4.98 Å². The molecule has 1 saturated heterocycles. The third-order valence-electron chi connectivity index (χ3n) is 5.30. The Morgan fingerprint density at radius 2 is 1.94 bits per heavy atom. The Hall–Kier alpha value is -3.31. The molecule has 0 atom stereocenters. The first-order valence-corrected chi connectivity index (χ1v) is 12.3. The van der Waals surface area contributed by atoms with E-state index in [1.165, 1.54) is 35.6 Å². The van der Waals surface area contributed by atoms with Crippen LogP contribution in [0.1, 0.15) is 15.6 Å². The van der Waals surface area contributed by atoms with Crippen molar-refractivity contribution in [1.29, 1.82) is 0 Å². The van der Waals surface area contributed by atoms with Gasteiger partial charge in [0.2, 0.25) is 0 Å². The lowest BCUT2D eigenvalue weighted by atomic mass is 10.1. The summed E-state index contributed by atoms with van der Waals surface area (Å²) in [6, 6.07) is 9.81. The molecule has 7 nitrogen and oxygen atoms in total. The van der Waals surface area contributed by atoms with Crippen molar-refractivity contribution in [2.75, 3.05) is 18.0 Å². The normalized spacial score (nSPS) is 14.5. The number of hydrogen-bond acceptors (Lipinski definition) is 7. The average Bonchev–Trinajstić information content (AvgIpc) is 3.38. The van der Waals surface area contributed by atoms with Crippen molar-refractivity contribution in [3.05, 3.63) is 64.4 Å². The number of sulfonamides is 1. The Labute approximate surface area is 191 Å². The molecule has 170 valence electrons. The molecular formula is C22H17F2N3O4S2. The number of anilines is 1. The fraction of sp³-hybridized carbons (Fsp3) is 0.182. The quantitative estimate of drug-likeness (QED) is 0.450. The van der Waals surface area contributed by atoms with E-state index in [1.54, 1.807) is 17.0 Å². The van der Waals surface area contributed by atoms with Gasteiger partial charge in [-0.2, -0.15) is 0 Å². The molecule has 2 aromatic heterocycles. The lowest BCUT2D eigenvalue weighted by Crippen LogP contribution is -2.48. The first-order chi connectivity index (χ1) is 15.7. The Morgan fingerprint density at radius 3 is 2.58 bits per heavy atom. The molecule has 1 aliphatic heterocycles. The van der Waals surface area contributed by atoms with Crippen LogP contribution in [0.3, 0.4) is 0 Å². The lowest BCUT2D eigenvalue weighted by molar-refractivity contribution is 0.0956. The predicted octanol–water partition coefficient (Wildman–Crippen LogP) is 4.28. The first kappa shape index (κ1) is 21.5. The third-order valence-corrected chi connectivity index (χ3v) is 7.42. The van der Waals surface area contributed by atoms with E-state index in [-0.39, 0.29) is 34.7 Å². The van der Waals surface area contributed by atoms with Crippen LogP contribution in [0, 0.1) is 12.7 Å². The summed E-state index contributed by atoms with van der Waals surface area (Å²) in [4.78, 5) is 18.4. The highest BCUT2D eigenvalue weighted by molar-refractivity contribution is 7.90. The maximum absolute atomic E-state index is 14.5. The molecule has 33 heavy (non-hydrogen) atoms. The van der Waals surface area contributed by atoms with Gasteiger partial charge in [-0.05, 0) is 25.1 Å². The number of aromatic nitrogens is 1. The highest BCUT2D eigenvalue weighted by Crippen LogP contribution is 2.31. The number of carbonyl (C=O) groups is 1. The topological polar surface area (TPSA) is 92.5 Å². The Balaban J connectivity index is 1.36. The molecule has 1 amide bonds. The number of amides is 1. The molecule has 0 aliphatic carbocycles. The molecule has 1 N–H and O–H groups in total. The maximum Gasteiger partial charge on any atom is 0.300 e. The number of aryl methyl sites for hydroxylation is 1. The molecule has 3 heterocycles. The van der Waals surface area contributed by atoms with Crippen molar-refractivity contribution in [2.45, 2.75) is 18.0 Å². The lowest BCUT2D eigenvalue weighted by Gasteiger charge is -2.36. The number of nitrogens with zero attached hydrogens (tertiary/aromatic N) is 2. The molecular weight excluding hydrogens is 472 g/mol. The summed E-state index contributed by atoms with van der Waals surface area (Å²) in [6.07, 6.45) is -0.966. The van der Waals surface area contributed by atoms with Crippen LogP contribution in [0.4, 0.5) is 14.5 Å². The van der Waals surface area contributed by atoms with E-state index < -0.39 is 27.9 Å². The first-order valence-electron chi connectivity index (χ1n) is 9.91. The van der Waals surface area contributed by atoms with E-state index >= 15 is 0 Å². The van der Waals surface area contributed by atoms with Crippen LogP contribution in [-0.2, 0) is 10.0 Å². The second kappa shape index (κ2) is 7.92. The van der Waals surface area contributed by atoms with Gasteiger partial charge in [0, 0.05) is 28.8 Å². The van der Waals surface area contributed by atoms with Gasteiger partial charge < -0.3 is 9.32 Å². The predicted molar refractivity (Wildman–Crippen MR) is 120 cm³/mol. The standard InChI is InChI=1S/C22H17F2N3O4S2/c1-12-25-19(11-32-12)13-2-4-16(5-3-13)33(29,30)26-22(28)21-8-17-18(24)6-15(7-20(17)31-21)27-9-14(23)10-27/h2-8,11,14H,9-10H2,1H3,(H,26,28). The number of furan rings is 1. The number of carbonyl (C=O) groups excluding carboxylic acids is 1. The number of thiazole rings is 1. The van der Waals surface area contributed by atoms with Gasteiger partial charge >= 0.3 is 5.91 Å². The van der Waals surface area contributed by atoms with Crippen molar-refractivity contribution in [3.8, 4) is 11.3 Å². The summed E-state index contributed by atoms with van der Waals surface area (Å²) in [5, 5.41) is 2.78. The number of nitrogens with one attached hydrogen (secondary N) is 1. The Bertz CT molecular complexity index is 1470. The zero-order valence-electron chi connectivity index (χ0n) is 17.2. The third kappa shape index (κ3) is 4.09. The molecule has 1 aliphatic rings. The largest absolute Gasteiger partial charge is 0.451 e. The fourth-order valence-corrected chi connectivity index (χ4v) is 5.12. The van der Waals surface area contributed by atoms with E-state index in [9.17, 15) is 22.0 Å². The number of benzene rings is 2. The van der Waals surface area contributed by atoms with Gasteiger partial charge in [0.1, 0.15) is 17.6 Å². The van der Waals surface area contributed by atoms with E-state index in [1.807, 2.05) is 17.0 Å². The van der Waals surface area contributed by atoms with Crippen molar-refractivity contribution in [2.24, 2.45) is 0 Å². The summed E-state index contributed by atoms with van der Waals surface area (Å²) < 4.78 is 60.3. The monoisotopic (exact) mass is 489 g/mol. The Morgan fingerprint density at radius 1 is 1.21 bits per heavy atom. The number of hydrogen-bond donors (Lipinski definition) is 1. The van der Waals surface area contributed by atoms with Gasteiger partial charge in [-0.1, -0.05) is 12.1 Å². The van der Waals surface area contributed by atoms with Gasteiger partial charge in [0.05, 0.1) is 34.1 Å². The minimum atomic E-state index is -4.19. The van der Waals surface area contributed by atoms with E-state index in [4.69, 9.17) is 4.42 Å². The van der Waals surface area contributed by atoms with Crippen LogP contribution in [0.25, 0.3) is 22.2 Å². The molecule has 11 heteroatoms. The SMILES string of the molecule is Cc1nc(-c2ccc(S(=O)(=O)NC(=O)c3cc4c(F)cc(N5CC(F)C5)cc4o3)cc2)cs1. The minimum Gasteiger partial charge on any atom is -0.451 e. The molecule has 0 bridgehead atoms. The van der Waals surface area contributed by atoms with Gasteiger partial charge in [-0.15, -0.1) is 11.3 Å². The van der Waals surface area contributed by atoms with Gasteiger partial charge in [0.15, 0.2) is 5.76 Å². The number of halogens is 2.